The summed E-state index contributed by atoms with van der Waals surface area (Å²) in [6.45, 7) is 5.77. The summed E-state index contributed by atoms with van der Waals surface area (Å²) in [4.78, 5) is 12.3. The Labute approximate surface area is 137 Å². The maximum absolute atomic E-state index is 12.3. The SMILES string of the molecule is Cc1cc(C)c(OC(=O)c2cccc(CS(C)(=O)=O)c2)c(C)c1. The van der Waals surface area contributed by atoms with Crippen molar-refractivity contribution in [3.05, 3.63) is 64.2 Å². The third-order valence-corrected chi connectivity index (χ3v) is 4.25. The van der Waals surface area contributed by atoms with E-state index in [1.165, 1.54) is 0 Å². The molecule has 0 aliphatic rings. The minimum Gasteiger partial charge on any atom is -0.422 e. The van der Waals surface area contributed by atoms with Crippen LogP contribution in [-0.4, -0.2) is 20.6 Å². The van der Waals surface area contributed by atoms with Gasteiger partial charge >= 0.3 is 5.97 Å². The average Bonchev–Trinajstić information content (AvgIpc) is 2.41. The fraction of sp³-hybridized carbons (Fsp3) is 0.278. The molecule has 0 bridgehead atoms. The molecule has 0 spiro atoms. The molecule has 0 aliphatic heterocycles. The molecule has 2 aromatic rings. The van der Waals surface area contributed by atoms with Crippen LogP contribution in [0.25, 0.3) is 0 Å². The van der Waals surface area contributed by atoms with E-state index in [1.54, 1.807) is 24.3 Å². The number of carbonyl (C=O) groups is 1. The normalized spacial score (nSPS) is 11.3. The van der Waals surface area contributed by atoms with E-state index in [4.69, 9.17) is 4.74 Å². The van der Waals surface area contributed by atoms with Gasteiger partial charge in [-0.05, 0) is 49.6 Å². The van der Waals surface area contributed by atoms with Crippen LogP contribution in [0.3, 0.4) is 0 Å². The van der Waals surface area contributed by atoms with Crippen LogP contribution in [0, 0.1) is 20.8 Å². The summed E-state index contributed by atoms with van der Waals surface area (Å²) in [6.07, 6.45) is 1.16. The fourth-order valence-corrected chi connectivity index (χ4v) is 3.36. The van der Waals surface area contributed by atoms with Crippen LogP contribution in [0.5, 0.6) is 5.75 Å². The van der Waals surface area contributed by atoms with Crippen molar-refractivity contribution in [2.45, 2.75) is 26.5 Å². The Hall–Kier alpha value is -2.14. The molecular formula is C18H20O4S. The smallest absolute Gasteiger partial charge is 0.343 e. The third-order valence-electron chi connectivity index (χ3n) is 3.39. The highest BCUT2D eigenvalue weighted by atomic mass is 32.2. The van der Waals surface area contributed by atoms with E-state index in [1.807, 2.05) is 32.9 Å². The zero-order valence-electron chi connectivity index (χ0n) is 13.7. The van der Waals surface area contributed by atoms with Crippen LogP contribution in [0.1, 0.15) is 32.6 Å². The van der Waals surface area contributed by atoms with Crippen molar-refractivity contribution in [2.75, 3.05) is 6.26 Å². The first-order chi connectivity index (χ1) is 10.7. The van der Waals surface area contributed by atoms with Gasteiger partial charge in [0.25, 0.3) is 0 Å². The molecule has 122 valence electrons. The van der Waals surface area contributed by atoms with Crippen molar-refractivity contribution in [3.63, 3.8) is 0 Å². The fourth-order valence-electron chi connectivity index (χ4n) is 2.57. The van der Waals surface area contributed by atoms with Gasteiger partial charge in [-0.15, -0.1) is 0 Å². The first kappa shape index (κ1) is 17.2. The van der Waals surface area contributed by atoms with Crippen LogP contribution in [-0.2, 0) is 15.6 Å². The molecule has 2 aromatic carbocycles. The molecule has 0 heterocycles. The van der Waals surface area contributed by atoms with E-state index in [2.05, 4.69) is 0 Å². The molecular weight excluding hydrogens is 312 g/mol. The van der Waals surface area contributed by atoms with Crippen LogP contribution in [0.15, 0.2) is 36.4 Å². The molecule has 0 unspecified atom stereocenters. The number of hydrogen-bond donors (Lipinski definition) is 0. The average molecular weight is 332 g/mol. The van der Waals surface area contributed by atoms with Crippen molar-refractivity contribution in [1.82, 2.24) is 0 Å². The molecule has 0 N–H and O–H groups in total. The second kappa shape index (κ2) is 6.54. The lowest BCUT2D eigenvalue weighted by molar-refractivity contribution is 0.0732. The monoisotopic (exact) mass is 332 g/mol. The van der Waals surface area contributed by atoms with Crippen LogP contribution in [0.2, 0.25) is 0 Å². The molecule has 0 fully saturated rings. The Morgan fingerprint density at radius 1 is 1.04 bits per heavy atom. The molecule has 0 aromatic heterocycles. The number of sulfone groups is 1. The van der Waals surface area contributed by atoms with Gasteiger partial charge in [0.1, 0.15) is 5.75 Å². The van der Waals surface area contributed by atoms with Crippen LogP contribution < -0.4 is 4.74 Å². The molecule has 0 amide bonds. The molecule has 0 radical (unpaired) electrons. The second-order valence-corrected chi connectivity index (χ2v) is 8.03. The Morgan fingerprint density at radius 2 is 1.65 bits per heavy atom. The first-order valence-electron chi connectivity index (χ1n) is 7.22. The highest BCUT2D eigenvalue weighted by molar-refractivity contribution is 7.89. The second-order valence-electron chi connectivity index (χ2n) is 5.89. The third kappa shape index (κ3) is 4.66. The maximum atomic E-state index is 12.3. The summed E-state index contributed by atoms with van der Waals surface area (Å²) >= 11 is 0. The number of carbonyl (C=O) groups excluding carboxylic acids is 1. The lowest BCUT2D eigenvalue weighted by Crippen LogP contribution is -2.11. The Morgan fingerprint density at radius 3 is 2.22 bits per heavy atom. The lowest BCUT2D eigenvalue weighted by Gasteiger charge is -2.12. The first-order valence-corrected chi connectivity index (χ1v) is 9.28. The quantitative estimate of drug-likeness (QED) is 0.636. The maximum Gasteiger partial charge on any atom is 0.343 e. The molecule has 0 saturated carbocycles. The van der Waals surface area contributed by atoms with Gasteiger partial charge in [-0.2, -0.15) is 0 Å². The van der Waals surface area contributed by atoms with E-state index >= 15 is 0 Å². The summed E-state index contributed by atoms with van der Waals surface area (Å²) in [5, 5.41) is 0. The minimum atomic E-state index is -3.15. The number of aryl methyl sites for hydroxylation is 3. The standard InChI is InChI=1S/C18H20O4S/c1-12-8-13(2)17(14(3)9-12)22-18(19)16-7-5-6-15(10-16)11-23(4,20)21/h5-10H,11H2,1-4H3. The minimum absolute atomic E-state index is 0.100. The van der Waals surface area contributed by atoms with Crippen LogP contribution >= 0.6 is 0 Å². The Bertz CT molecular complexity index is 828. The summed E-state index contributed by atoms with van der Waals surface area (Å²) in [5.74, 6) is -0.0407. The zero-order chi connectivity index (χ0) is 17.2. The molecule has 23 heavy (non-hydrogen) atoms. The number of hydrogen-bond acceptors (Lipinski definition) is 4. The van der Waals surface area contributed by atoms with Gasteiger partial charge < -0.3 is 4.74 Å². The number of rotatable bonds is 4. The topological polar surface area (TPSA) is 60.4 Å². The van der Waals surface area contributed by atoms with Gasteiger partial charge in [0, 0.05) is 6.26 Å². The van der Waals surface area contributed by atoms with E-state index in [0.717, 1.165) is 22.9 Å². The highest BCUT2D eigenvalue weighted by Gasteiger charge is 2.14. The predicted molar refractivity (Wildman–Crippen MR) is 90.6 cm³/mol. The van der Waals surface area contributed by atoms with E-state index in [0.29, 0.717) is 16.9 Å². The molecule has 5 heteroatoms. The Kier molecular flexibility index (Phi) is 4.90. The highest BCUT2D eigenvalue weighted by Crippen LogP contribution is 2.25. The number of ether oxygens (including phenoxy) is 1. The predicted octanol–water partition coefficient (Wildman–Crippen LogP) is 3.38. The molecule has 4 nitrogen and oxygen atoms in total. The van der Waals surface area contributed by atoms with Gasteiger partial charge in [-0.3, -0.25) is 0 Å². The van der Waals surface area contributed by atoms with Gasteiger partial charge in [-0.1, -0.05) is 29.8 Å². The van der Waals surface area contributed by atoms with Crippen molar-refractivity contribution >= 4 is 15.8 Å². The lowest BCUT2D eigenvalue weighted by atomic mass is 10.1. The largest absolute Gasteiger partial charge is 0.422 e. The van der Waals surface area contributed by atoms with Gasteiger partial charge in [0.05, 0.1) is 11.3 Å². The summed E-state index contributed by atoms with van der Waals surface area (Å²) in [5.41, 5.74) is 3.80. The van der Waals surface area contributed by atoms with E-state index in [-0.39, 0.29) is 5.75 Å². The number of esters is 1. The van der Waals surface area contributed by atoms with Crippen molar-refractivity contribution < 1.29 is 17.9 Å². The number of benzene rings is 2. The van der Waals surface area contributed by atoms with Crippen LogP contribution in [0.4, 0.5) is 0 Å². The Balaban J connectivity index is 2.27. The molecule has 0 atom stereocenters. The molecule has 0 saturated heterocycles. The molecule has 2 rings (SSSR count). The summed E-state index contributed by atoms with van der Waals surface area (Å²) < 4.78 is 28.3. The van der Waals surface area contributed by atoms with Gasteiger partial charge in [-0.25, -0.2) is 13.2 Å². The van der Waals surface area contributed by atoms with E-state index < -0.39 is 15.8 Å². The van der Waals surface area contributed by atoms with Crippen molar-refractivity contribution in [2.24, 2.45) is 0 Å². The summed E-state index contributed by atoms with van der Waals surface area (Å²) in [7, 11) is -3.15. The van der Waals surface area contributed by atoms with E-state index in [9.17, 15) is 13.2 Å². The zero-order valence-corrected chi connectivity index (χ0v) is 14.5. The van der Waals surface area contributed by atoms with Crippen molar-refractivity contribution in [1.29, 1.82) is 0 Å². The van der Waals surface area contributed by atoms with Gasteiger partial charge in [0.2, 0.25) is 0 Å². The molecule has 0 aliphatic carbocycles. The van der Waals surface area contributed by atoms with Crippen molar-refractivity contribution in [3.8, 4) is 5.75 Å². The summed E-state index contributed by atoms with van der Waals surface area (Å²) in [6, 6.07) is 10.4. The van der Waals surface area contributed by atoms with Gasteiger partial charge in [0.15, 0.2) is 9.84 Å².